The molecule has 0 saturated carbocycles. The van der Waals surface area contributed by atoms with Crippen LogP contribution in [0, 0.1) is 0 Å². The van der Waals surface area contributed by atoms with Gasteiger partial charge in [0, 0.05) is 25.7 Å². The predicted octanol–water partition coefficient (Wildman–Crippen LogP) is 24.1. The summed E-state index contributed by atoms with van der Waals surface area (Å²) in [6.45, 7) is 4.69. The Morgan fingerprint density at radius 1 is 0.279 bits per heavy atom. The van der Waals surface area contributed by atoms with Gasteiger partial charge in [0.25, 0.3) is 0 Å². The Balaban J connectivity index is 5.39. The van der Waals surface area contributed by atoms with Crippen molar-refractivity contribution in [2.24, 2.45) is 0 Å². The van der Waals surface area contributed by atoms with Crippen LogP contribution in [0.5, 0.6) is 0 Å². The number of aliphatic hydroxyl groups is 1. The first-order valence-electron chi connectivity index (χ1n) is 41.1. The van der Waals surface area contributed by atoms with Crippen molar-refractivity contribution in [3.8, 4) is 0 Å². The number of unbranched alkanes of at least 4 members (excludes halogenated alkanes) is 33. The van der Waals surface area contributed by atoms with Crippen molar-refractivity contribution < 1.29 is 80.2 Å². The minimum absolute atomic E-state index is 0.0740. The van der Waals surface area contributed by atoms with Crippen molar-refractivity contribution >= 4 is 39.5 Å². The number of carbonyl (C=O) groups excluding carboxylic acids is 4. The monoisotopic (exact) mass is 1500 g/mol. The van der Waals surface area contributed by atoms with E-state index in [4.69, 9.17) is 37.0 Å². The highest BCUT2D eigenvalue weighted by Gasteiger charge is 2.30. The van der Waals surface area contributed by atoms with Crippen molar-refractivity contribution in [2.75, 3.05) is 39.6 Å². The Hall–Kier alpha value is -4.28. The predicted molar refractivity (Wildman–Crippen MR) is 427 cm³/mol. The Kier molecular flexibility index (Phi) is 73.7. The maximum atomic E-state index is 13.1. The topological polar surface area (TPSA) is 237 Å². The molecule has 3 N–H and O–H groups in total. The summed E-state index contributed by atoms with van der Waals surface area (Å²) in [6, 6.07) is 0. The molecule has 5 unspecified atom stereocenters. The molecule has 0 fully saturated rings. The number of phosphoric acid groups is 2. The van der Waals surface area contributed by atoms with Gasteiger partial charge < -0.3 is 33.8 Å². The molecule has 0 heterocycles. The highest BCUT2D eigenvalue weighted by atomic mass is 31.2. The second-order valence-corrected chi connectivity index (χ2v) is 30.2. The first kappa shape index (κ1) is 99.7. The van der Waals surface area contributed by atoms with Crippen LogP contribution in [0.25, 0.3) is 0 Å². The lowest BCUT2D eigenvalue weighted by atomic mass is 10.1. The molecular formula is C85H148O17P2. The van der Waals surface area contributed by atoms with Gasteiger partial charge in [0.15, 0.2) is 12.2 Å². The number of hydrogen-bond acceptors (Lipinski definition) is 15. The third-order valence-corrected chi connectivity index (χ3v) is 19.1. The Morgan fingerprint density at radius 3 is 0.798 bits per heavy atom. The lowest BCUT2D eigenvalue weighted by Crippen LogP contribution is -2.30. The summed E-state index contributed by atoms with van der Waals surface area (Å²) in [4.78, 5) is 73.1. The van der Waals surface area contributed by atoms with Crippen LogP contribution in [0.15, 0.2) is 109 Å². The summed E-state index contributed by atoms with van der Waals surface area (Å²) >= 11 is 0. The van der Waals surface area contributed by atoms with E-state index in [0.717, 1.165) is 193 Å². The lowest BCUT2D eigenvalue weighted by molar-refractivity contribution is -0.161. The molecule has 0 aliphatic carbocycles. The molecule has 0 spiro atoms. The SMILES string of the molecule is CC/C=C\C/C=C\C/C=C\CCCCCCCC(=O)OCC(COP(=O)(O)OCC(O)COP(=O)(O)OCC(COC(=O)CCCCCCCC/C=C\C/C=C\C/C=C\CCCCC)OC(=O)CCCCCCC/C=C\CCCCCCCC)OC(=O)CCCCCCC/C=C\C/C=C\CCCCC. The van der Waals surface area contributed by atoms with Crippen LogP contribution < -0.4 is 0 Å². The molecule has 0 saturated heterocycles. The molecule has 0 rings (SSSR count). The van der Waals surface area contributed by atoms with E-state index in [1.807, 2.05) is 0 Å². The summed E-state index contributed by atoms with van der Waals surface area (Å²) in [6.07, 6.45) is 83.4. The Bertz CT molecular complexity index is 2390. The molecular weight excluding hydrogens is 1350 g/mol. The summed E-state index contributed by atoms with van der Waals surface area (Å²) in [5.41, 5.74) is 0. The molecule has 0 aromatic carbocycles. The van der Waals surface area contributed by atoms with E-state index in [2.05, 4.69) is 137 Å². The zero-order valence-electron chi connectivity index (χ0n) is 65.7. The molecule has 0 bridgehead atoms. The van der Waals surface area contributed by atoms with E-state index >= 15 is 0 Å². The fourth-order valence-electron chi connectivity index (χ4n) is 10.9. The third-order valence-electron chi connectivity index (χ3n) is 17.2. The van der Waals surface area contributed by atoms with E-state index in [-0.39, 0.29) is 25.7 Å². The van der Waals surface area contributed by atoms with Gasteiger partial charge in [-0.05, 0) is 154 Å². The Morgan fingerprint density at radius 2 is 0.500 bits per heavy atom. The standard InChI is InChI=1S/C85H148O17P2/c1-5-9-13-17-21-25-29-33-37-38-39-40-44-46-50-54-58-62-66-70-83(88)96-76-81(102-85(90)72-68-64-60-56-52-48-43-36-32-28-24-20-16-12-8-4)78-100-104(93,94)98-74-79(86)73-97-103(91,92)99-77-80(101-84(89)71-67-63-59-55-51-47-42-35-31-27-23-19-15-11-7-3)75-95-82(87)69-65-61-57-53-49-45-41-34-30-26-22-18-14-10-6-2/h10,14,21-23,25-27,33-37,39-43,79-81,86H,5-9,11-13,15-20,24,28-32,38,44-78H2,1-4H3,(H,91,92)(H,93,94)/b14-10-,25-21-,26-22-,27-23-,37-33-,40-39-,41-34-,42-35-,43-36-. The number of ether oxygens (including phenoxy) is 4. The minimum Gasteiger partial charge on any atom is -0.462 e. The van der Waals surface area contributed by atoms with Crippen molar-refractivity contribution in [3.05, 3.63) is 109 Å². The molecule has 0 radical (unpaired) electrons. The largest absolute Gasteiger partial charge is 0.472 e. The average Bonchev–Trinajstić information content (AvgIpc) is 0.912. The smallest absolute Gasteiger partial charge is 0.462 e. The molecule has 0 aromatic rings. The van der Waals surface area contributed by atoms with E-state index in [1.165, 1.54) is 77.0 Å². The van der Waals surface area contributed by atoms with Gasteiger partial charge in [-0.15, -0.1) is 0 Å². The number of rotatable bonds is 77. The Labute approximate surface area is 632 Å². The fourth-order valence-corrected chi connectivity index (χ4v) is 12.5. The quantitative estimate of drug-likeness (QED) is 0.0169. The van der Waals surface area contributed by atoms with E-state index in [0.29, 0.717) is 25.7 Å². The molecule has 0 aliphatic heterocycles. The van der Waals surface area contributed by atoms with Gasteiger partial charge in [-0.3, -0.25) is 37.3 Å². The molecule has 19 heteroatoms. The zero-order chi connectivity index (χ0) is 76.0. The molecule has 0 aliphatic rings. The van der Waals surface area contributed by atoms with Gasteiger partial charge in [0.1, 0.15) is 19.3 Å². The van der Waals surface area contributed by atoms with Crippen LogP contribution in [-0.4, -0.2) is 96.7 Å². The van der Waals surface area contributed by atoms with Crippen molar-refractivity contribution in [3.63, 3.8) is 0 Å². The maximum Gasteiger partial charge on any atom is 0.472 e. The van der Waals surface area contributed by atoms with Crippen LogP contribution in [0.3, 0.4) is 0 Å². The van der Waals surface area contributed by atoms with Crippen molar-refractivity contribution in [2.45, 2.75) is 367 Å². The molecule has 600 valence electrons. The first-order valence-corrected chi connectivity index (χ1v) is 44.1. The highest BCUT2D eigenvalue weighted by Crippen LogP contribution is 2.45. The maximum absolute atomic E-state index is 13.1. The summed E-state index contributed by atoms with van der Waals surface area (Å²) in [5, 5.41) is 10.7. The number of hydrogen-bond donors (Lipinski definition) is 3. The second-order valence-electron chi connectivity index (χ2n) is 27.3. The number of aliphatic hydroxyl groups excluding tert-OH is 1. The molecule has 0 aromatic heterocycles. The average molecular weight is 1500 g/mol. The van der Waals surface area contributed by atoms with Crippen LogP contribution >= 0.6 is 15.6 Å². The highest BCUT2D eigenvalue weighted by molar-refractivity contribution is 7.47. The second kappa shape index (κ2) is 76.9. The van der Waals surface area contributed by atoms with E-state index < -0.39 is 97.5 Å². The third kappa shape index (κ3) is 75.9. The summed E-state index contributed by atoms with van der Waals surface area (Å²) in [5.74, 6) is -2.22. The van der Waals surface area contributed by atoms with E-state index in [1.54, 1.807) is 0 Å². The minimum atomic E-state index is -4.99. The summed E-state index contributed by atoms with van der Waals surface area (Å²) in [7, 11) is -9.97. The van der Waals surface area contributed by atoms with Crippen LogP contribution in [0.2, 0.25) is 0 Å². The van der Waals surface area contributed by atoms with Gasteiger partial charge in [-0.2, -0.15) is 0 Å². The molecule has 17 nitrogen and oxygen atoms in total. The first-order chi connectivity index (χ1) is 50.7. The van der Waals surface area contributed by atoms with Crippen molar-refractivity contribution in [1.29, 1.82) is 0 Å². The zero-order valence-corrected chi connectivity index (χ0v) is 67.5. The summed E-state index contributed by atoms with van der Waals surface area (Å²) < 4.78 is 68.7. The molecule has 0 amide bonds. The number of carbonyl (C=O) groups is 4. The normalized spacial score (nSPS) is 14.4. The van der Waals surface area contributed by atoms with Crippen molar-refractivity contribution in [1.82, 2.24) is 0 Å². The lowest BCUT2D eigenvalue weighted by Gasteiger charge is -2.21. The van der Waals surface area contributed by atoms with Gasteiger partial charge in [-0.25, -0.2) is 9.13 Å². The van der Waals surface area contributed by atoms with Crippen LogP contribution in [0.4, 0.5) is 0 Å². The molecule has 5 atom stereocenters. The number of phosphoric ester groups is 2. The van der Waals surface area contributed by atoms with Gasteiger partial charge in [-0.1, -0.05) is 278 Å². The number of esters is 4. The number of allylic oxidation sites excluding steroid dienone is 18. The van der Waals surface area contributed by atoms with E-state index in [9.17, 15) is 43.2 Å². The van der Waals surface area contributed by atoms with Crippen LogP contribution in [-0.2, 0) is 65.4 Å². The van der Waals surface area contributed by atoms with Gasteiger partial charge in [0.05, 0.1) is 26.4 Å². The fraction of sp³-hybridized carbons (Fsp3) is 0.741. The van der Waals surface area contributed by atoms with Crippen LogP contribution in [0.1, 0.15) is 349 Å². The van der Waals surface area contributed by atoms with Gasteiger partial charge in [0.2, 0.25) is 0 Å². The van der Waals surface area contributed by atoms with Gasteiger partial charge >= 0.3 is 39.5 Å². The molecule has 104 heavy (non-hydrogen) atoms.